The highest BCUT2D eigenvalue weighted by Crippen LogP contribution is 2.27. The number of aryl methyl sites for hydroxylation is 1. The largest absolute Gasteiger partial charge is 0.381 e. The van der Waals surface area contributed by atoms with Gasteiger partial charge < -0.3 is 4.74 Å². The maximum atomic E-state index is 5.68. The van der Waals surface area contributed by atoms with E-state index in [4.69, 9.17) is 10.6 Å². The molecule has 4 heteroatoms. The molecule has 3 N–H and O–H groups in total. The molecule has 17 heavy (non-hydrogen) atoms. The maximum absolute atomic E-state index is 5.68. The molecule has 0 spiro atoms. The van der Waals surface area contributed by atoms with Crippen molar-refractivity contribution in [3.63, 3.8) is 0 Å². The minimum Gasteiger partial charge on any atom is -0.381 e. The summed E-state index contributed by atoms with van der Waals surface area (Å²) in [5, 5.41) is 0. The normalized spacial score (nSPS) is 19.2. The SMILES string of the molecule is Cc1ncccc1C(CC1CCOCC1)NN. The van der Waals surface area contributed by atoms with Crippen LogP contribution in [0.4, 0.5) is 0 Å². The third-order valence-electron chi connectivity index (χ3n) is 3.53. The number of nitrogens with zero attached hydrogens (tertiary/aromatic N) is 1. The van der Waals surface area contributed by atoms with Gasteiger partial charge >= 0.3 is 0 Å². The predicted octanol–water partition coefficient (Wildman–Crippen LogP) is 1.71. The Morgan fingerprint density at radius 2 is 2.29 bits per heavy atom. The van der Waals surface area contributed by atoms with Gasteiger partial charge in [-0.1, -0.05) is 6.07 Å². The fourth-order valence-electron chi connectivity index (χ4n) is 2.47. The van der Waals surface area contributed by atoms with Crippen molar-refractivity contribution >= 4 is 0 Å². The zero-order chi connectivity index (χ0) is 12.1. The minimum absolute atomic E-state index is 0.201. The van der Waals surface area contributed by atoms with Crippen molar-refractivity contribution in [2.75, 3.05) is 13.2 Å². The van der Waals surface area contributed by atoms with Crippen LogP contribution < -0.4 is 11.3 Å². The van der Waals surface area contributed by atoms with Crippen molar-refractivity contribution in [1.29, 1.82) is 0 Å². The van der Waals surface area contributed by atoms with E-state index >= 15 is 0 Å². The van der Waals surface area contributed by atoms with Gasteiger partial charge in [0.25, 0.3) is 0 Å². The molecule has 0 saturated carbocycles. The summed E-state index contributed by atoms with van der Waals surface area (Å²) in [6, 6.07) is 4.27. The maximum Gasteiger partial charge on any atom is 0.0480 e. The van der Waals surface area contributed by atoms with Crippen LogP contribution in [0.25, 0.3) is 0 Å². The first-order valence-corrected chi connectivity index (χ1v) is 6.26. The van der Waals surface area contributed by atoms with Crippen LogP contribution in [0.15, 0.2) is 18.3 Å². The third kappa shape index (κ3) is 3.25. The number of hydrazine groups is 1. The Kier molecular flexibility index (Phi) is 4.48. The zero-order valence-electron chi connectivity index (χ0n) is 10.4. The number of rotatable bonds is 4. The van der Waals surface area contributed by atoms with E-state index in [2.05, 4.69) is 16.5 Å². The Morgan fingerprint density at radius 1 is 1.53 bits per heavy atom. The third-order valence-corrected chi connectivity index (χ3v) is 3.53. The Morgan fingerprint density at radius 3 is 2.94 bits per heavy atom. The number of ether oxygens (including phenoxy) is 1. The van der Waals surface area contributed by atoms with E-state index in [1.54, 1.807) is 0 Å². The Hall–Kier alpha value is -0.970. The van der Waals surface area contributed by atoms with Gasteiger partial charge in [-0.05, 0) is 43.7 Å². The van der Waals surface area contributed by atoms with Crippen LogP contribution in [0.2, 0.25) is 0 Å². The molecule has 1 fully saturated rings. The lowest BCUT2D eigenvalue weighted by molar-refractivity contribution is 0.0605. The molecule has 0 bridgehead atoms. The van der Waals surface area contributed by atoms with Crippen LogP contribution in [-0.2, 0) is 4.74 Å². The summed E-state index contributed by atoms with van der Waals surface area (Å²) >= 11 is 0. The van der Waals surface area contributed by atoms with Crippen LogP contribution in [0.5, 0.6) is 0 Å². The highest BCUT2D eigenvalue weighted by atomic mass is 16.5. The standard InChI is InChI=1S/C13H21N3O/c1-10-12(3-2-6-15-10)13(16-14)9-11-4-7-17-8-5-11/h2-3,6,11,13,16H,4-5,7-9,14H2,1H3. The lowest BCUT2D eigenvalue weighted by Crippen LogP contribution is -2.31. The monoisotopic (exact) mass is 235 g/mol. The fourth-order valence-corrected chi connectivity index (χ4v) is 2.47. The van der Waals surface area contributed by atoms with Gasteiger partial charge in [-0.15, -0.1) is 0 Å². The number of aromatic nitrogens is 1. The molecule has 1 aliphatic rings. The highest BCUT2D eigenvalue weighted by Gasteiger charge is 2.20. The molecule has 2 rings (SSSR count). The molecule has 0 aliphatic carbocycles. The van der Waals surface area contributed by atoms with Crippen molar-refractivity contribution in [2.24, 2.45) is 11.8 Å². The number of pyridine rings is 1. The van der Waals surface area contributed by atoms with Gasteiger partial charge in [-0.3, -0.25) is 16.3 Å². The molecule has 0 radical (unpaired) electrons. The number of nitrogens with two attached hydrogens (primary N) is 1. The van der Waals surface area contributed by atoms with E-state index < -0.39 is 0 Å². The Balaban J connectivity index is 2.03. The molecule has 0 amide bonds. The van der Waals surface area contributed by atoms with E-state index in [-0.39, 0.29) is 6.04 Å². The minimum atomic E-state index is 0.201. The van der Waals surface area contributed by atoms with Crippen molar-refractivity contribution in [1.82, 2.24) is 10.4 Å². The Bertz CT molecular complexity index is 350. The predicted molar refractivity (Wildman–Crippen MR) is 67.2 cm³/mol. The van der Waals surface area contributed by atoms with Crippen molar-refractivity contribution in [3.8, 4) is 0 Å². The van der Waals surface area contributed by atoms with Gasteiger partial charge in [0.1, 0.15) is 0 Å². The summed E-state index contributed by atoms with van der Waals surface area (Å²) < 4.78 is 5.38. The van der Waals surface area contributed by atoms with Crippen molar-refractivity contribution < 1.29 is 4.74 Å². The molecule has 1 aliphatic heterocycles. The number of hydrogen-bond donors (Lipinski definition) is 2. The molecule has 0 aromatic carbocycles. The molecule has 1 aromatic rings. The van der Waals surface area contributed by atoms with Gasteiger partial charge in [-0.25, -0.2) is 0 Å². The van der Waals surface area contributed by atoms with Crippen molar-refractivity contribution in [2.45, 2.75) is 32.2 Å². The van der Waals surface area contributed by atoms with E-state index in [9.17, 15) is 0 Å². The molecule has 1 atom stereocenters. The second-order valence-corrected chi connectivity index (χ2v) is 4.69. The second-order valence-electron chi connectivity index (χ2n) is 4.69. The second kappa shape index (κ2) is 6.10. The van der Waals surface area contributed by atoms with E-state index in [0.29, 0.717) is 5.92 Å². The summed E-state index contributed by atoms with van der Waals surface area (Å²) in [5.41, 5.74) is 5.19. The lowest BCUT2D eigenvalue weighted by atomic mass is 9.89. The summed E-state index contributed by atoms with van der Waals surface area (Å²) in [4.78, 5) is 4.32. The molecule has 2 heterocycles. The molecule has 1 unspecified atom stereocenters. The van der Waals surface area contributed by atoms with Gasteiger partial charge in [0.15, 0.2) is 0 Å². The molecule has 1 aromatic heterocycles. The number of hydrogen-bond acceptors (Lipinski definition) is 4. The van der Waals surface area contributed by atoms with Gasteiger partial charge in [-0.2, -0.15) is 0 Å². The van der Waals surface area contributed by atoms with Gasteiger partial charge in [0.05, 0.1) is 0 Å². The van der Waals surface area contributed by atoms with Gasteiger partial charge in [0, 0.05) is 31.1 Å². The fraction of sp³-hybridized carbons (Fsp3) is 0.615. The van der Waals surface area contributed by atoms with Crippen LogP contribution >= 0.6 is 0 Å². The van der Waals surface area contributed by atoms with Crippen LogP contribution in [0.3, 0.4) is 0 Å². The van der Waals surface area contributed by atoms with Crippen LogP contribution in [0, 0.1) is 12.8 Å². The summed E-state index contributed by atoms with van der Waals surface area (Å²) in [6.45, 7) is 3.80. The first-order valence-electron chi connectivity index (χ1n) is 6.26. The van der Waals surface area contributed by atoms with Crippen LogP contribution in [-0.4, -0.2) is 18.2 Å². The average Bonchev–Trinajstić information content (AvgIpc) is 2.38. The molecule has 94 valence electrons. The summed E-state index contributed by atoms with van der Waals surface area (Å²) in [7, 11) is 0. The molecule has 4 nitrogen and oxygen atoms in total. The summed E-state index contributed by atoms with van der Waals surface area (Å²) in [5.74, 6) is 6.38. The van der Waals surface area contributed by atoms with E-state index in [1.807, 2.05) is 19.2 Å². The smallest absolute Gasteiger partial charge is 0.0480 e. The van der Waals surface area contributed by atoms with E-state index in [0.717, 1.165) is 38.2 Å². The zero-order valence-corrected chi connectivity index (χ0v) is 10.4. The van der Waals surface area contributed by atoms with Crippen LogP contribution in [0.1, 0.15) is 36.6 Å². The Labute approximate surface area is 103 Å². The average molecular weight is 235 g/mol. The molecular formula is C13H21N3O. The first kappa shape index (κ1) is 12.5. The summed E-state index contributed by atoms with van der Waals surface area (Å²) in [6.07, 6.45) is 5.15. The number of nitrogens with one attached hydrogen (secondary N) is 1. The van der Waals surface area contributed by atoms with E-state index in [1.165, 1.54) is 5.56 Å². The van der Waals surface area contributed by atoms with Crippen molar-refractivity contribution in [3.05, 3.63) is 29.6 Å². The topological polar surface area (TPSA) is 60.2 Å². The molecule has 1 saturated heterocycles. The highest BCUT2D eigenvalue weighted by molar-refractivity contribution is 5.22. The molecular weight excluding hydrogens is 214 g/mol. The first-order chi connectivity index (χ1) is 8.31. The van der Waals surface area contributed by atoms with Gasteiger partial charge in [0.2, 0.25) is 0 Å². The quantitative estimate of drug-likeness (QED) is 0.616. The lowest BCUT2D eigenvalue weighted by Gasteiger charge is -2.27.